The minimum Gasteiger partial charge on any atom is -0.493 e. The highest BCUT2D eigenvalue weighted by Crippen LogP contribution is 2.38. The van der Waals surface area contributed by atoms with Gasteiger partial charge in [0.1, 0.15) is 0 Å². The van der Waals surface area contributed by atoms with Gasteiger partial charge in [-0.2, -0.15) is 0 Å². The first kappa shape index (κ1) is 17.1. The van der Waals surface area contributed by atoms with Gasteiger partial charge in [-0.3, -0.25) is 0 Å². The Kier molecular flexibility index (Phi) is 5.09. The summed E-state index contributed by atoms with van der Waals surface area (Å²) in [4.78, 5) is 0. The molecule has 6 nitrogen and oxygen atoms in total. The molecule has 0 aliphatic carbocycles. The maximum absolute atomic E-state index is 5.88. The molecule has 3 rings (SSSR count). The lowest BCUT2D eigenvalue weighted by atomic mass is 10.2. The number of methoxy groups -OCH3 is 2. The highest BCUT2D eigenvalue weighted by molar-refractivity contribution is 6.30. The van der Waals surface area contributed by atoms with Crippen LogP contribution in [-0.2, 0) is 6.61 Å². The first-order chi connectivity index (χ1) is 12.1. The average Bonchev–Trinajstić information content (AvgIpc) is 3.09. The molecular formula is C18H17ClN2O4. The van der Waals surface area contributed by atoms with Crippen molar-refractivity contribution in [3.8, 4) is 28.7 Å². The predicted octanol–water partition coefficient (Wildman–Crippen LogP) is 4.29. The summed E-state index contributed by atoms with van der Waals surface area (Å²) in [5, 5.41) is 8.67. The topological polar surface area (TPSA) is 66.6 Å². The lowest BCUT2D eigenvalue weighted by Crippen LogP contribution is -2.01. The number of nitrogens with zero attached hydrogens (tertiary/aromatic N) is 2. The van der Waals surface area contributed by atoms with Gasteiger partial charge >= 0.3 is 0 Å². The lowest BCUT2D eigenvalue weighted by molar-refractivity contribution is 0.238. The normalized spacial score (nSPS) is 10.6. The van der Waals surface area contributed by atoms with Crippen LogP contribution in [0.4, 0.5) is 0 Å². The number of aromatic nitrogens is 2. The Morgan fingerprint density at radius 3 is 2.24 bits per heavy atom. The minimum atomic E-state index is 0.0936. The molecule has 0 N–H and O–H groups in total. The zero-order valence-electron chi connectivity index (χ0n) is 14.1. The number of hydrogen-bond acceptors (Lipinski definition) is 6. The third-order valence-electron chi connectivity index (χ3n) is 3.50. The zero-order valence-corrected chi connectivity index (χ0v) is 14.8. The van der Waals surface area contributed by atoms with Crippen LogP contribution in [0.25, 0.3) is 11.5 Å². The van der Waals surface area contributed by atoms with E-state index in [9.17, 15) is 0 Å². The first-order valence-electron chi connectivity index (χ1n) is 7.54. The van der Waals surface area contributed by atoms with Gasteiger partial charge in [0.25, 0.3) is 5.89 Å². The molecule has 2 aromatic carbocycles. The molecule has 0 aliphatic heterocycles. The monoisotopic (exact) mass is 360 g/mol. The Morgan fingerprint density at radius 1 is 1.00 bits per heavy atom. The van der Waals surface area contributed by atoms with E-state index in [0.29, 0.717) is 34.1 Å². The summed E-state index contributed by atoms with van der Waals surface area (Å²) < 4.78 is 22.1. The highest BCUT2D eigenvalue weighted by atomic mass is 35.5. The van der Waals surface area contributed by atoms with Crippen molar-refractivity contribution in [3.63, 3.8) is 0 Å². The predicted molar refractivity (Wildman–Crippen MR) is 93.4 cm³/mol. The first-order valence-corrected chi connectivity index (χ1v) is 7.92. The van der Waals surface area contributed by atoms with Crippen molar-refractivity contribution < 1.29 is 18.6 Å². The molecule has 25 heavy (non-hydrogen) atoms. The van der Waals surface area contributed by atoms with Gasteiger partial charge in [-0.15, -0.1) is 10.2 Å². The van der Waals surface area contributed by atoms with E-state index in [-0.39, 0.29) is 6.61 Å². The third-order valence-corrected chi connectivity index (χ3v) is 3.75. The average molecular weight is 361 g/mol. The van der Waals surface area contributed by atoms with Crippen molar-refractivity contribution in [2.45, 2.75) is 13.5 Å². The summed E-state index contributed by atoms with van der Waals surface area (Å²) in [6.07, 6.45) is 0. The van der Waals surface area contributed by atoms with Gasteiger partial charge < -0.3 is 18.6 Å². The molecule has 0 saturated carbocycles. The molecule has 0 aliphatic rings. The fraction of sp³-hybridized carbons (Fsp3) is 0.222. The van der Waals surface area contributed by atoms with Crippen molar-refractivity contribution in [3.05, 3.63) is 52.9 Å². The van der Waals surface area contributed by atoms with Crippen molar-refractivity contribution >= 4 is 11.6 Å². The van der Waals surface area contributed by atoms with Crippen LogP contribution in [0, 0.1) is 6.92 Å². The van der Waals surface area contributed by atoms with Crippen molar-refractivity contribution in [2.24, 2.45) is 0 Å². The quantitative estimate of drug-likeness (QED) is 0.653. The van der Waals surface area contributed by atoms with Gasteiger partial charge in [0.2, 0.25) is 11.6 Å². The third kappa shape index (κ3) is 3.85. The van der Waals surface area contributed by atoms with Crippen molar-refractivity contribution in [2.75, 3.05) is 14.2 Å². The molecule has 1 aromatic heterocycles. The fourth-order valence-corrected chi connectivity index (χ4v) is 2.43. The van der Waals surface area contributed by atoms with Crippen LogP contribution in [0.5, 0.6) is 17.2 Å². The second kappa shape index (κ2) is 7.44. The van der Waals surface area contributed by atoms with Crippen LogP contribution in [0.2, 0.25) is 5.02 Å². The summed E-state index contributed by atoms with van der Waals surface area (Å²) in [6, 6.07) is 10.9. The zero-order chi connectivity index (χ0) is 17.8. The Hall–Kier alpha value is -2.73. The smallest absolute Gasteiger partial charge is 0.254 e. The number of rotatable bonds is 6. The summed E-state index contributed by atoms with van der Waals surface area (Å²) in [7, 11) is 3.15. The van der Waals surface area contributed by atoms with Gasteiger partial charge in [0.15, 0.2) is 18.1 Å². The lowest BCUT2D eigenvalue weighted by Gasteiger charge is -2.14. The Balaban J connectivity index is 1.78. The molecule has 0 fully saturated rings. The summed E-state index contributed by atoms with van der Waals surface area (Å²) in [5.74, 6) is 2.39. The maximum atomic E-state index is 5.88. The molecule has 0 atom stereocenters. The van der Waals surface area contributed by atoms with E-state index < -0.39 is 0 Å². The van der Waals surface area contributed by atoms with E-state index in [4.69, 9.17) is 30.2 Å². The minimum absolute atomic E-state index is 0.0936. The number of aryl methyl sites for hydroxylation is 1. The number of ether oxygens (including phenoxy) is 3. The van der Waals surface area contributed by atoms with Gasteiger partial charge in [0, 0.05) is 10.6 Å². The molecule has 0 saturated heterocycles. The van der Waals surface area contributed by atoms with E-state index in [1.807, 2.05) is 31.2 Å². The van der Waals surface area contributed by atoms with E-state index in [0.717, 1.165) is 11.1 Å². The van der Waals surface area contributed by atoms with Crippen LogP contribution < -0.4 is 14.2 Å². The van der Waals surface area contributed by atoms with Gasteiger partial charge in [0.05, 0.1) is 14.2 Å². The fourth-order valence-electron chi connectivity index (χ4n) is 2.31. The van der Waals surface area contributed by atoms with Crippen LogP contribution in [0.15, 0.2) is 40.8 Å². The SMILES string of the molecule is COc1cc(C)cc(OC)c1OCc1nnc(-c2ccc(Cl)cc2)o1. The summed E-state index contributed by atoms with van der Waals surface area (Å²) in [5.41, 5.74) is 1.79. The molecule has 7 heteroatoms. The molecule has 130 valence electrons. The van der Waals surface area contributed by atoms with Crippen LogP contribution in [0.1, 0.15) is 11.5 Å². The Morgan fingerprint density at radius 2 is 1.64 bits per heavy atom. The maximum Gasteiger partial charge on any atom is 0.254 e. The molecule has 0 radical (unpaired) electrons. The molecule has 0 bridgehead atoms. The second-order valence-electron chi connectivity index (χ2n) is 5.30. The van der Waals surface area contributed by atoms with Gasteiger partial charge in [-0.1, -0.05) is 11.6 Å². The van der Waals surface area contributed by atoms with Crippen LogP contribution in [-0.4, -0.2) is 24.4 Å². The van der Waals surface area contributed by atoms with E-state index in [2.05, 4.69) is 10.2 Å². The number of halogens is 1. The number of benzene rings is 2. The van der Waals surface area contributed by atoms with E-state index >= 15 is 0 Å². The largest absolute Gasteiger partial charge is 0.493 e. The second-order valence-corrected chi connectivity index (χ2v) is 5.73. The van der Waals surface area contributed by atoms with Crippen LogP contribution in [0.3, 0.4) is 0 Å². The molecule has 0 spiro atoms. The van der Waals surface area contributed by atoms with Crippen LogP contribution >= 0.6 is 11.6 Å². The Bertz CT molecular complexity index is 837. The molecule has 1 heterocycles. The van der Waals surface area contributed by atoms with Gasteiger partial charge in [-0.05, 0) is 48.9 Å². The van der Waals surface area contributed by atoms with E-state index in [1.165, 1.54) is 0 Å². The standard InChI is InChI=1S/C18H17ClN2O4/c1-11-8-14(22-2)17(15(9-11)23-3)24-10-16-20-21-18(25-16)12-4-6-13(19)7-5-12/h4-9H,10H2,1-3H3. The summed E-state index contributed by atoms with van der Waals surface area (Å²) in [6.45, 7) is 2.04. The molecule has 0 unspecified atom stereocenters. The Labute approximate surface area is 150 Å². The molecular weight excluding hydrogens is 344 g/mol. The molecule has 0 amide bonds. The van der Waals surface area contributed by atoms with Gasteiger partial charge in [-0.25, -0.2) is 0 Å². The van der Waals surface area contributed by atoms with Crippen molar-refractivity contribution in [1.29, 1.82) is 0 Å². The van der Waals surface area contributed by atoms with Crippen molar-refractivity contribution in [1.82, 2.24) is 10.2 Å². The highest BCUT2D eigenvalue weighted by Gasteiger charge is 2.15. The van der Waals surface area contributed by atoms with E-state index in [1.54, 1.807) is 26.4 Å². The summed E-state index contributed by atoms with van der Waals surface area (Å²) >= 11 is 5.88. The number of hydrogen-bond donors (Lipinski definition) is 0. The molecule has 3 aromatic rings.